The van der Waals surface area contributed by atoms with Crippen molar-refractivity contribution in [1.29, 1.82) is 0 Å². The predicted octanol–water partition coefficient (Wildman–Crippen LogP) is 3.01. The van der Waals surface area contributed by atoms with E-state index in [1.807, 2.05) is 0 Å². The van der Waals surface area contributed by atoms with Crippen LogP contribution in [0.2, 0.25) is 0 Å². The lowest BCUT2D eigenvalue weighted by Gasteiger charge is -2.26. The van der Waals surface area contributed by atoms with Gasteiger partial charge in [0.15, 0.2) is 0 Å². The minimum Gasteiger partial charge on any atom is -0.302 e. The third-order valence-electron chi connectivity index (χ3n) is 3.65. The molecule has 2 fully saturated rings. The molecule has 0 radical (unpaired) electrons. The second-order valence-electron chi connectivity index (χ2n) is 4.47. The highest BCUT2D eigenvalue weighted by molar-refractivity contribution is 8.00. The molecule has 2 aliphatic rings. The lowest BCUT2D eigenvalue weighted by atomic mass is 9.98. The summed E-state index contributed by atoms with van der Waals surface area (Å²) < 4.78 is 0. The van der Waals surface area contributed by atoms with E-state index in [9.17, 15) is 0 Å². The van der Waals surface area contributed by atoms with E-state index >= 15 is 0 Å². The first-order valence-electron chi connectivity index (χ1n) is 5.74. The van der Waals surface area contributed by atoms with Gasteiger partial charge < -0.3 is 5.32 Å². The van der Waals surface area contributed by atoms with Crippen molar-refractivity contribution in [2.24, 2.45) is 5.92 Å². The zero-order chi connectivity index (χ0) is 9.15. The molecule has 1 saturated carbocycles. The van der Waals surface area contributed by atoms with E-state index in [1.165, 1.54) is 50.8 Å². The molecule has 1 nitrogen and oxygen atoms in total. The quantitative estimate of drug-likeness (QED) is 0.697. The third-order valence-corrected chi connectivity index (χ3v) is 5.17. The van der Waals surface area contributed by atoms with E-state index in [-0.39, 0.29) is 0 Å². The van der Waals surface area contributed by atoms with Crippen molar-refractivity contribution in [1.82, 2.24) is 5.32 Å². The summed E-state index contributed by atoms with van der Waals surface area (Å²) in [6, 6.07) is 0. The molecule has 76 valence electrons. The van der Waals surface area contributed by atoms with Crippen LogP contribution < -0.4 is 5.32 Å². The second-order valence-corrected chi connectivity index (χ2v) is 5.95. The van der Waals surface area contributed by atoms with E-state index in [2.05, 4.69) is 24.0 Å². The summed E-state index contributed by atoms with van der Waals surface area (Å²) in [7, 11) is 0. The van der Waals surface area contributed by atoms with E-state index in [4.69, 9.17) is 0 Å². The van der Waals surface area contributed by atoms with Crippen LogP contribution in [0, 0.1) is 5.92 Å². The van der Waals surface area contributed by atoms with Crippen LogP contribution in [0.25, 0.3) is 0 Å². The van der Waals surface area contributed by atoms with Crippen LogP contribution in [-0.2, 0) is 0 Å². The molecule has 2 heteroatoms. The molecule has 0 aromatic carbocycles. The fourth-order valence-corrected chi connectivity index (χ4v) is 4.04. The molecule has 1 N–H and O–H groups in total. The van der Waals surface area contributed by atoms with Gasteiger partial charge in [0.1, 0.15) is 0 Å². The number of thioether (sulfide) groups is 1. The van der Waals surface area contributed by atoms with Crippen molar-refractivity contribution in [2.75, 3.05) is 12.3 Å². The Bertz CT molecular complexity index is 163. The predicted molar refractivity (Wildman–Crippen MR) is 60.1 cm³/mol. The molecule has 1 aliphatic heterocycles. The third kappa shape index (κ3) is 2.21. The van der Waals surface area contributed by atoms with Crippen molar-refractivity contribution in [3.63, 3.8) is 0 Å². The van der Waals surface area contributed by atoms with Gasteiger partial charge in [0.05, 0.1) is 4.87 Å². The summed E-state index contributed by atoms with van der Waals surface area (Å²) in [6.07, 6.45) is 8.58. The summed E-state index contributed by atoms with van der Waals surface area (Å²) in [5.74, 6) is 2.35. The molecule has 2 rings (SSSR count). The van der Waals surface area contributed by atoms with E-state index < -0.39 is 0 Å². The Morgan fingerprint density at radius 3 is 3.00 bits per heavy atom. The number of hydrogen-bond donors (Lipinski definition) is 1. The highest BCUT2D eigenvalue weighted by Gasteiger charge is 2.35. The van der Waals surface area contributed by atoms with Crippen LogP contribution in [0.3, 0.4) is 0 Å². The molecule has 0 amide bonds. The van der Waals surface area contributed by atoms with Crippen LogP contribution in [0.15, 0.2) is 0 Å². The highest BCUT2D eigenvalue weighted by atomic mass is 32.2. The van der Waals surface area contributed by atoms with Crippen molar-refractivity contribution < 1.29 is 0 Å². The lowest BCUT2D eigenvalue weighted by Crippen LogP contribution is -2.36. The van der Waals surface area contributed by atoms with Gasteiger partial charge in [0.25, 0.3) is 0 Å². The van der Waals surface area contributed by atoms with Gasteiger partial charge in [-0.05, 0) is 25.2 Å². The summed E-state index contributed by atoms with van der Waals surface area (Å²) in [5.41, 5.74) is 0. The van der Waals surface area contributed by atoms with Crippen LogP contribution in [0.4, 0.5) is 0 Å². The lowest BCUT2D eigenvalue weighted by molar-refractivity contribution is 0.417. The SMILES string of the molecule is CCC1CCCC2(CC1)NCCS2. The van der Waals surface area contributed by atoms with Gasteiger partial charge in [-0.2, -0.15) is 0 Å². The number of nitrogens with one attached hydrogen (secondary N) is 1. The van der Waals surface area contributed by atoms with Gasteiger partial charge in [0.2, 0.25) is 0 Å². The summed E-state index contributed by atoms with van der Waals surface area (Å²) >= 11 is 2.18. The van der Waals surface area contributed by atoms with Gasteiger partial charge in [-0.3, -0.25) is 0 Å². The molecule has 1 saturated heterocycles. The van der Waals surface area contributed by atoms with Crippen molar-refractivity contribution in [3.8, 4) is 0 Å². The Morgan fingerprint density at radius 1 is 1.38 bits per heavy atom. The van der Waals surface area contributed by atoms with Crippen molar-refractivity contribution in [2.45, 2.75) is 50.3 Å². The average Bonchev–Trinajstić information content (AvgIpc) is 2.49. The largest absolute Gasteiger partial charge is 0.302 e. The van der Waals surface area contributed by atoms with Gasteiger partial charge in [-0.1, -0.05) is 26.2 Å². The summed E-state index contributed by atoms with van der Waals surface area (Å²) in [4.78, 5) is 0.504. The normalized spacial score (nSPS) is 40.8. The van der Waals surface area contributed by atoms with Gasteiger partial charge in [0, 0.05) is 12.3 Å². The number of hydrogen-bond acceptors (Lipinski definition) is 2. The fraction of sp³-hybridized carbons (Fsp3) is 1.00. The zero-order valence-electron chi connectivity index (χ0n) is 8.64. The van der Waals surface area contributed by atoms with Crippen LogP contribution in [0.1, 0.15) is 45.4 Å². The van der Waals surface area contributed by atoms with Gasteiger partial charge >= 0.3 is 0 Å². The van der Waals surface area contributed by atoms with Gasteiger partial charge in [-0.15, -0.1) is 11.8 Å². The molecule has 0 aromatic heterocycles. The molecular formula is C11H21NS. The minimum absolute atomic E-state index is 0.504. The van der Waals surface area contributed by atoms with E-state index in [0.717, 1.165) is 5.92 Å². The summed E-state index contributed by atoms with van der Waals surface area (Å²) in [6.45, 7) is 3.58. The van der Waals surface area contributed by atoms with Crippen molar-refractivity contribution >= 4 is 11.8 Å². The van der Waals surface area contributed by atoms with Crippen LogP contribution in [-0.4, -0.2) is 17.2 Å². The van der Waals surface area contributed by atoms with Crippen LogP contribution >= 0.6 is 11.8 Å². The van der Waals surface area contributed by atoms with E-state index in [0.29, 0.717) is 4.87 Å². The maximum Gasteiger partial charge on any atom is 0.0646 e. The molecule has 2 unspecified atom stereocenters. The Morgan fingerprint density at radius 2 is 2.31 bits per heavy atom. The first kappa shape index (κ1) is 9.85. The van der Waals surface area contributed by atoms with Crippen LogP contribution in [0.5, 0.6) is 0 Å². The zero-order valence-corrected chi connectivity index (χ0v) is 9.46. The van der Waals surface area contributed by atoms with Gasteiger partial charge in [-0.25, -0.2) is 0 Å². The molecule has 1 spiro atoms. The fourth-order valence-electron chi connectivity index (χ4n) is 2.69. The first-order valence-corrected chi connectivity index (χ1v) is 6.72. The Labute approximate surface area is 86.0 Å². The molecule has 0 bridgehead atoms. The van der Waals surface area contributed by atoms with E-state index in [1.54, 1.807) is 0 Å². The van der Waals surface area contributed by atoms with Crippen molar-refractivity contribution in [3.05, 3.63) is 0 Å². The monoisotopic (exact) mass is 199 g/mol. The number of rotatable bonds is 1. The Kier molecular flexibility index (Phi) is 3.20. The molecule has 1 heterocycles. The molecule has 13 heavy (non-hydrogen) atoms. The average molecular weight is 199 g/mol. The Hall–Kier alpha value is 0.310. The molecule has 1 aliphatic carbocycles. The first-order chi connectivity index (χ1) is 6.35. The highest BCUT2D eigenvalue weighted by Crippen LogP contribution is 2.41. The minimum atomic E-state index is 0.504. The molecular weight excluding hydrogens is 178 g/mol. The second kappa shape index (κ2) is 4.22. The Balaban J connectivity index is 1.93. The maximum absolute atomic E-state index is 3.72. The molecule has 2 atom stereocenters. The maximum atomic E-state index is 3.72. The standard InChI is InChI=1S/C11H21NS/c1-2-10-4-3-6-11(7-5-10)12-8-9-13-11/h10,12H,2-9H2,1H3. The topological polar surface area (TPSA) is 12.0 Å². The molecule has 0 aromatic rings. The smallest absolute Gasteiger partial charge is 0.0646 e. The summed E-state index contributed by atoms with van der Waals surface area (Å²) in [5, 5.41) is 3.72.